The Bertz CT molecular complexity index is 418. The molecule has 1 unspecified atom stereocenters. The van der Waals surface area contributed by atoms with E-state index < -0.39 is 5.97 Å². The van der Waals surface area contributed by atoms with Crippen molar-refractivity contribution < 1.29 is 14.7 Å². The fourth-order valence-electron chi connectivity index (χ4n) is 1.33. The zero-order valence-corrected chi connectivity index (χ0v) is 9.86. The molecule has 1 amide bonds. The summed E-state index contributed by atoms with van der Waals surface area (Å²) < 4.78 is 0. The minimum absolute atomic E-state index is 0.107. The highest BCUT2D eigenvalue weighted by molar-refractivity contribution is 5.95. The Hall–Kier alpha value is -1.88. The second-order valence-electron chi connectivity index (χ2n) is 3.73. The van der Waals surface area contributed by atoms with Crippen LogP contribution < -0.4 is 10.6 Å². The van der Waals surface area contributed by atoms with Crippen LogP contribution in [-0.4, -0.2) is 30.1 Å². The van der Waals surface area contributed by atoms with E-state index in [0.717, 1.165) is 0 Å². The molecule has 5 heteroatoms. The smallest absolute Gasteiger partial charge is 0.307 e. The lowest BCUT2D eigenvalue weighted by Crippen LogP contribution is -2.35. The zero-order chi connectivity index (χ0) is 12.8. The van der Waals surface area contributed by atoms with Crippen molar-refractivity contribution in [3.63, 3.8) is 0 Å². The molecule has 5 nitrogen and oxygen atoms in total. The maximum atomic E-state index is 11.7. The number of hydrogen-bond acceptors (Lipinski definition) is 3. The number of amides is 1. The zero-order valence-electron chi connectivity index (χ0n) is 9.86. The molecule has 3 N–H and O–H groups in total. The molecule has 0 aromatic heterocycles. The van der Waals surface area contributed by atoms with E-state index in [9.17, 15) is 9.59 Å². The third-order valence-corrected chi connectivity index (χ3v) is 2.44. The van der Waals surface area contributed by atoms with Gasteiger partial charge < -0.3 is 15.7 Å². The molecule has 1 atom stereocenters. The molecule has 0 saturated carbocycles. The van der Waals surface area contributed by atoms with Gasteiger partial charge in [-0.3, -0.25) is 9.59 Å². The van der Waals surface area contributed by atoms with E-state index in [1.165, 1.54) is 0 Å². The molecule has 0 aliphatic heterocycles. The first kappa shape index (κ1) is 13.2. The Morgan fingerprint density at radius 3 is 2.59 bits per heavy atom. The number of hydrogen-bond donors (Lipinski definition) is 3. The lowest BCUT2D eigenvalue weighted by molar-refractivity contribution is -0.136. The first-order valence-corrected chi connectivity index (χ1v) is 5.32. The Balaban J connectivity index is 2.83. The van der Waals surface area contributed by atoms with Gasteiger partial charge in [0, 0.05) is 5.69 Å². The van der Waals surface area contributed by atoms with Gasteiger partial charge in [-0.05, 0) is 25.6 Å². The molecule has 0 radical (unpaired) electrons. The molecule has 0 spiro atoms. The summed E-state index contributed by atoms with van der Waals surface area (Å²) >= 11 is 0. The van der Waals surface area contributed by atoms with Gasteiger partial charge in [0.25, 0.3) is 0 Å². The van der Waals surface area contributed by atoms with Crippen molar-refractivity contribution in [3.05, 3.63) is 29.8 Å². The highest BCUT2D eigenvalue weighted by Crippen LogP contribution is 2.15. The standard InChI is InChI=1S/C12H16N2O3/c1-8(13-2)12(17)14-10-6-4-3-5-9(10)7-11(15)16/h3-6,8,13H,7H2,1-2H3,(H,14,17)(H,15,16). The van der Waals surface area contributed by atoms with Crippen molar-refractivity contribution in [2.24, 2.45) is 0 Å². The number of carboxylic acids is 1. The second-order valence-corrected chi connectivity index (χ2v) is 3.73. The van der Waals surface area contributed by atoms with Crippen molar-refractivity contribution in [2.75, 3.05) is 12.4 Å². The molecular formula is C12H16N2O3. The van der Waals surface area contributed by atoms with Gasteiger partial charge in [0.2, 0.25) is 5.91 Å². The van der Waals surface area contributed by atoms with Crippen molar-refractivity contribution in [1.82, 2.24) is 5.32 Å². The van der Waals surface area contributed by atoms with Gasteiger partial charge in [0.05, 0.1) is 12.5 Å². The number of carbonyl (C=O) groups excluding carboxylic acids is 1. The number of likely N-dealkylation sites (N-methyl/N-ethyl adjacent to an activating group) is 1. The molecular weight excluding hydrogens is 220 g/mol. The molecule has 0 aliphatic carbocycles. The average Bonchev–Trinajstić information content (AvgIpc) is 2.29. The van der Waals surface area contributed by atoms with E-state index in [1.807, 2.05) is 0 Å². The average molecular weight is 236 g/mol. The SMILES string of the molecule is CNC(C)C(=O)Nc1ccccc1CC(=O)O. The lowest BCUT2D eigenvalue weighted by Gasteiger charge is -2.13. The number of carboxylic acid groups (broad SMARTS) is 1. The predicted molar refractivity (Wildman–Crippen MR) is 64.9 cm³/mol. The van der Waals surface area contributed by atoms with Crippen LogP contribution in [0.4, 0.5) is 5.69 Å². The minimum Gasteiger partial charge on any atom is -0.481 e. The third kappa shape index (κ3) is 3.88. The van der Waals surface area contributed by atoms with Gasteiger partial charge in [-0.15, -0.1) is 0 Å². The van der Waals surface area contributed by atoms with Crippen LogP contribution in [0.25, 0.3) is 0 Å². The largest absolute Gasteiger partial charge is 0.481 e. The molecule has 0 saturated heterocycles. The molecule has 1 aromatic carbocycles. The number of nitrogens with one attached hydrogen (secondary N) is 2. The molecule has 1 rings (SSSR count). The van der Waals surface area contributed by atoms with Gasteiger partial charge in [0.1, 0.15) is 0 Å². The van der Waals surface area contributed by atoms with Crippen molar-refractivity contribution in [1.29, 1.82) is 0 Å². The van der Waals surface area contributed by atoms with E-state index >= 15 is 0 Å². The molecule has 92 valence electrons. The Morgan fingerprint density at radius 1 is 1.35 bits per heavy atom. The highest BCUT2D eigenvalue weighted by atomic mass is 16.4. The number of aliphatic carboxylic acids is 1. The topological polar surface area (TPSA) is 78.4 Å². The summed E-state index contributed by atoms with van der Waals surface area (Å²) in [6.45, 7) is 1.73. The van der Waals surface area contributed by atoms with Crippen LogP contribution >= 0.6 is 0 Å². The van der Waals surface area contributed by atoms with E-state index in [4.69, 9.17) is 5.11 Å². The summed E-state index contributed by atoms with van der Waals surface area (Å²) in [6, 6.07) is 6.56. The van der Waals surface area contributed by atoms with Crippen molar-refractivity contribution in [3.8, 4) is 0 Å². The van der Waals surface area contributed by atoms with E-state index in [-0.39, 0.29) is 18.4 Å². The summed E-state index contributed by atoms with van der Waals surface area (Å²) in [5, 5.41) is 14.3. The van der Waals surface area contributed by atoms with E-state index in [0.29, 0.717) is 11.3 Å². The summed E-state index contributed by atoms with van der Waals surface area (Å²) in [7, 11) is 1.69. The maximum absolute atomic E-state index is 11.7. The molecule has 1 aromatic rings. The van der Waals surface area contributed by atoms with E-state index in [2.05, 4.69) is 10.6 Å². The summed E-state index contributed by atoms with van der Waals surface area (Å²) in [5.41, 5.74) is 1.14. The van der Waals surface area contributed by atoms with Gasteiger partial charge >= 0.3 is 5.97 Å². The van der Waals surface area contributed by atoms with Crippen LogP contribution in [0.1, 0.15) is 12.5 Å². The second kappa shape index (κ2) is 6.00. The van der Waals surface area contributed by atoms with Crippen LogP contribution in [0, 0.1) is 0 Å². The van der Waals surface area contributed by atoms with Crippen LogP contribution in [0.3, 0.4) is 0 Å². The van der Waals surface area contributed by atoms with Gasteiger partial charge in [-0.1, -0.05) is 18.2 Å². The van der Waals surface area contributed by atoms with Crippen molar-refractivity contribution in [2.45, 2.75) is 19.4 Å². The summed E-state index contributed by atoms with van der Waals surface area (Å²) in [4.78, 5) is 22.3. The number of anilines is 1. The normalized spacial score (nSPS) is 11.9. The number of para-hydroxylation sites is 1. The molecule has 0 fully saturated rings. The monoisotopic (exact) mass is 236 g/mol. The third-order valence-electron chi connectivity index (χ3n) is 2.44. The Kier molecular flexibility index (Phi) is 4.66. The Labute approximate surface area is 99.8 Å². The van der Waals surface area contributed by atoms with Crippen LogP contribution in [-0.2, 0) is 16.0 Å². The first-order valence-electron chi connectivity index (χ1n) is 5.32. The van der Waals surface area contributed by atoms with Gasteiger partial charge in [-0.2, -0.15) is 0 Å². The highest BCUT2D eigenvalue weighted by Gasteiger charge is 2.13. The first-order chi connectivity index (χ1) is 8.04. The van der Waals surface area contributed by atoms with Crippen LogP contribution in [0.5, 0.6) is 0 Å². The van der Waals surface area contributed by atoms with Crippen LogP contribution in [0.15, 0.2) is 24.3 Å². The molecule has 0 bridgehead atoms. The predicted octanol–water partition coefficient (Wildman–Crippen LogP) is 0.860. The minimum atomic E-state index is -0.923. The number of benzene rings is 1. The fourth-order valence-corrected chi connectivity index (χ4v) is 1.33. The van der Waals surface area contributed by atoms with E-state index in [1.54, 1.807) is 38.2 Å². The Morgan fingerprint density at radius 2 is 2.00 bits per heavy atom. The molecule has 0 heterocycles. The van der Waals surface area contributed by atoms with Gasteiger partial charge in [-0.25, -0.2) is 0 Å². The molecule has 0 aliphatic rings. The van der Waals surface area contributed by atoms with Gasteiger partial charge in [0.15, 0.2) is 0 Å². The summed E-state index contributed by atoms with van der Waals surface area (Å²) in [5.74, 6) is -1.11. The lowest BCUT2D eigenvalue weighted by atomic mass is 10.1. The maximum Gasteiger partial charge on any atom is 0.307 e. The number of carbonyl (C=O) groups is 2. The van der Waals surface area contributed by atoms with Crippen LogP contribution in [0.2, 0.25) is 0 Å². The fraction of sp³-hybridized carbons (Fsp3) is 0.333. The quantitative estimate of drug-likeness (QED) is 0.708. The van der Waals surface area contributed by atoms with Crippen molar-refractivity contribution >= 4 is 17.6 Å². The summed E-state index contributed by atoms with van der Waals surface area (Å²) in [6.07, 6.45) is -0.107. The number of rotatable bonds is 5. The molecule has 17 heavy (non-hydrogen) atoms.